The number of benzene rings is 2. The summed E-state index contributed by atoms with van der Waals surface area (Å²) < 4.78 is 11.0. The smallest absolute Gasteiger partial charge is 0.335 e. The second kappa shape index (κ2) is 9.44. The van der Waals surface area contributed by atoms with Gasteiger partial charge in [-0.15, -0.1) is 0 Å². The number of hydrogen-bond donors (Lipinski definition) is 2. The van der Waals surface area contributed by atoms with Crippen LogP contribution in [0.25, 0.3) is 5.76 Å². The number of aliphatic hydroxyl groups excluding tert-OH is 1. The topological polar surface area (TPSA) is 117 Å². The molecule has 2 N–H and O–H groups in total. The molecule has 1 fully saturated rings. The Balaban J connectivity index is 1.78. The van der Waals surface area contributed by atoms with Gasteiger partial charge in [-0.2, -0.15) is 0 Å². The maximum atomic E-state index is 13.1. The number of nitrogens with zero attached hydrogens (tertiary/aromatic N) is 1. The predicted octanol–water partition coefficient (Wildman–Crippen LogP) is 4.65. The lowest BCUT2D eigenvalue weighted by atomic mass is 9.99. The van der Waals surface area contributed by atoms with Crippen LogP contribution >= 0.6 is 11.6 Å². The first-order valence-corrected chi connectivity index (χ1v) is 10.8. The van der Waals surface area contributed by atoms with E-state index in [0.717, 1.165) is 0 Å². The molecule has 1 aliphatic heterocycles. The Labute approximate surface area is 199 Å². The number of ketones is 1. The molecule has 8 nitrogen and oxygen atoms in total. The number of amides is 1. The molecule has 1 unspecified atom stereocenters. The first-order valence-electron chi connectivity index (χ1n) is 10.4. The second-order valence-electron chi connectivity index (χ2n) is 7.52. The van der Waals surface area contributed by atoms with Crippen LogP contribution in [0, 0.1) is 0 Å². The minimum Gasteiger partial charge on any atom is -0.507 e. The van der Waals surface area contributed by atoms with E-state index in [2.05, 4.69) is 0 Å². The number of carbonyl (C=O) groups is 3. The first-order chi connectivity index (χ1) is 16.3. The van der Waals surface area contributed by atoms with E-state index < -0.39 is 23.7 Å². The Morgan fingerprint density at radius 2 is 1.79 bits per heavy atom. The molecule has 34 heavy (non-hydrogen) atoms. The van der Waals surface area contributed by atoms with Gasteiger partial charge in [-0.25, -0.2) is 4.79 Å². The number of halogens is 1. The quantitative estimate of drug-likeness (QED) is 0.286. The molecule has 2 heterocycles. The first kappa shape index (κ1) is 23.1. The number of aromatic carboxylic acids is 1. The molecule has 0 radical (unpaired) electrons. The molecule has 2 aromatic carbocycles. The van der Waals surface area contributed by atoms with Crippen LogP contribution in [0.4, 0.5) is 0 Å². The van der Waals surface area contributed by atoms with Gasteiger partial charge in [0.15, 0.2) is 0 Å². The van der Waals surface area contributed by atoms with Crippen molar-refractivity contribution in [3.8, 4) is 5.75 Å². The van der Waals surface area contributed by atoms with E-state index in [0.29, 0.717) is 28.7 Å². The zero-order valence-electron chi connectivity index (χ0n) is 18.0. The minimum absolute atomic E-state index is 0.00255. The normalized spacial score (nSPS) is 17.2. The number of furan rings is 1. The fourth-order valence-electron chi connectivity index (χ4n) is 3.81. The van der Waals surface area contributed by atoms with Crippen molar-refractivity contribution in [2.45, 2.75) is 19.5 Å². The van der Waals surface area contributed by atoms with Crippen LogP contribution < -0.4 is 4.74 Å². The van der Waals surface area contributed by atoms with E-state index in [9.17, 15) is 19.5 Å². The summed E-state index contributed by atoms with van der Waals surface area (Å²) in [6.45, 7) is 2.13. The fraction of sp³-hybridized carbons (Fsp3) is 0.160. The molecule has 1 amide bonds. The van der Waals surface area contributed by atoms with Gasteiger partial charge in [-0.1, -0.05) is 23.7 Å². The van der Waals surface area contributed by atoms with E-state index in [1.54, 1.807) is 31.2 Å². The van der Waals surface area contributed by atoms with Gasteiger partial charge in [0.25, 0.3) is 11.7 Å². The van der Waals surface area contributed by atoms with Crippen molar-refractivity contribution in [3.63, 3.8) is 0 Å². The number of carbonyl (C=O) groups excluding carboxylic acids is 2. The Hall–Kier alpha value is -4.04. The molecule has 0 saturated carbocycles. The summed E-state index contributed by atoms with van der Waals surface area (Å²) in [4.78, 5) is 38.5. The minimum atomic E-state index is -1.07. The highest BCUT2D eigenvalue weighted by atomic mass is 35.5. The van der Waals surface area contributed by atoms with Crippen LogP contribution in [0.15, 0.2) is 70.9 Å². The fourth-order valence-corrected chi connectivity index (χ4v) is 3.98. The largest absolute Gasteiger partial charge is 0.507 e. The number of hydrogen-bond acceptors (Lipinski definition) is 6. The van der Waals surface area contributed by atoms with Crippen LogP contribution in [0.5, 0.6) is 5.75 Å². The average molecular weight is 482 g/mol. The van der Waals surface area contributed by atoms with Gasteiger partial charge in [0.05, 0.1) is 29.0 Å². The molecular weight excluding hydrogens is 462 g/mol. The average Bonchev–Trinajstić information content (AvgIpc) is 3.43. The van der Waals surface area contributed by atoms with E-state index >= 15 is 0 Å². The van der Waals surface area contributed by atoms with Gasteiger partial charge in [0.2, 0.25) is 0 Å². The zero-order chi connectivity index (χ0) is 24.4. The van der Waals surface area contributed by atoms with Crippen molar-refractivity contribution in [2.75, 3.05) is 6.61 Å². The number of ether oxygens (including phenoxy) is 1. The van der Waals surface area contributed by atoms with Gasteiger partial charge in [0, 0.05) is 12.1 Å². The van der Waals surface area contributed by atoms with Crippen molar-refractivity contribution in [1.29, 1.82) is 0 Å². The highest BCUT2D eigenvalue weighted by Gasteiger charge is 2.47. The summed E-state index contributed by atoms with van der Waals surface area (Å²) in [6, 6.07) is 12.8. The van der Waals surface area contributed by atoms with Gasteiger partial charge in [-0.3, -0.25) is 9.59 Å². The maximum absolute atomic E-state index is 13.1. The van der Waals surface area contributed by atoms with Crippen molar-refractivity contribution in [3.05, 3.63) is 93.9 Å². The van der Waals surface area contributed by atoms with Crippen LogP contribution in [-0.2, 0) is 16.1 Å². The Morgan fingerprint density at radius 3 is 2.41 bits per heavy atom. The van der Waals surface area contributed by atoms with E-state index in [1.165, 1.54) is 41.5 Å². The number of Topliss-reactive ketones (excluding diaryl/α,β-unsaturated/α-hetero) is 1. The van der Waals surface area contributed by atoms with E-state index in [4.69, 9.17) is 25.9 Å². The van der Waals surface area contributed by atoms with Crippen LogP contribution in [0.1, 0.15) is 40.2 Å². The molecule has 174 valence electrons. The molecule has 3 aromatic rings. The third kappa shape index (κ3) is 4.27. The third-order valence-electron chi connectivity index (χ3n) is 5.41. The molecule has 1 aromatic heterocycles. The molecule has 0 aliphatic carbocycles. The monoisotopic (exact) mass is 481 g/mol. The molecule has 1 atom stereocenters. The molecule has 4 rings (SSSR count). The van der Waals surface area contributed by atoms with Crippen molar-refractivity contribution in [2.24, 2.45) is 0 Å². The molecule has 1 aliphatic rings. The number of likely N-dealkylation sites (tertiary alicyclic amines) is 1. The standard InChI is InChI=1S/C25H20ClNO7/c1-2-33-19-12-16(9-10-17(19)26)22(28)20-21(18-4-3-11-34-18)27(24(30)23(20)29)13-14-5-7-15(8-6-14)25(31)32/h3-12,21,28H,2,13H2,1H3,(H,31,32)/b22-20-. The summed E-state index contributed by atoms with van der Waals surface area (Å²) in [5.41, 5.74) is 0.829. The molecule has 1 saturated heterocycles. The van der Waals surface area contributed by atoms with Crippen LogP contribution in [0.3, 0.4) is 0 Å². The molecule has 0 spiro atoms. The SMILES string of the molecule is CCOc1cc(/C(O)=C2/C(=O)C(=O)N(Cc3ccc(C(=O)O)cc3)C2c2ccco2)ccc1Cl. The number of rotatable bonds is 7. The van der Waals surface area contributed by atoms with Crippen molar-refractivity contribution < 1.29 is 33.8 Å². The Morgan fingerprint density at radius 1 is 1.09 bits per heavy atom. The van der Waals surface area contributed by atoms with Crippen LogP contribution in [-0.4, -0.2) is 39.4 Å². The second-order valence-corrected chi connectivity index (χ2v) is 7.93. The lowest BCUT2D eigenvalue weighted by Gasteiger charge is -2.23. The van der Waals surface area contributed by atoms with Crippen LogP contribution in [0.2, 0.25) is 5.02 Å². The van der Waals surface area contributed by atoms with Crippen molar-refractivity contribution >= 4 is 35.0 Å². The summed E-state index contributed by atoms with van der Waals surface area (Å²) in [7, 11) is 0. The van der Waals surface area contributed by atoms with E-state index in [-0.39, 0.29) is 29.0 Å². The Bertz CT molecular complexity index is 1280. The Kier molecular flexibility index (Phi) is 6.43. The lowest BCUT2D eigenvalue weighted by molar-refractivity contribution is -0.140. The van der Waals surface area contributed by atoms with Gasteiger partial charge < -0.3 is 24.3 Å². The third-order valence-corrected chi connectivity index (χ3v) is 5.72. The van der Waals surface area contributed by atoms with Gasteiger partial charge in [0.1, 0.15) is 23.3 Å². The summed E-state index contributed by atoms with van der Waals surface area (Å²) in [6.07, 6.45) is 1.41. The highest BCUT2D eigenvalue weighted by Crippen LogP contribution is 2.41. The lowest BCUT2D eigenvalue weighted by Crippen LogP contribution is -2.29. The van der Waals surface area contributed by atoms with Gasteiger partial charge in [-0.05, 0) is 55.0 Å². The summed E-state index contributed by atoms with van der Waals surface area (Å²) >= 11 is 6.14. The number of carboxylic acid groups (broad SMARTS) is 1. The summed E-state index contributed by atoms with van der Waals surface area (Å²) in [5.74, 6) is -2.52. The molecular formula is C25H20ClNO7. The summed E-state index contributed by atoms with van der Waals surface area (Å²) in [5, 5.41) is 20.6. The van der Waals surface area contributed by atoms with Crippen molar-refractivity contribution in [1.82, 2.24) is 4.90 Å². The molecule has 0 bridgehead atoms. The van der Waals surface area contributed by atoms with E-state index in [1.807, 2.05) is 0 Å². The zero-order valence-corrected chi connectivity index (χ0v) is 18.8. The van der Waals surface area contributed by atoms with Gasteiger partial charge >= 0.3 is 5.97 Å². The molecule has 9 heteroatoms. The number of aliphatic hydroxyl groups is 1. The maximum Gasteiger partial charge on any atom is 0.335 e. The number of carboxylic acids is 1. The highest BCUT2D eigenvalue weighted by molar-refractivity contribution is 6.46. The predicted molar refractivity (Wildman–Crippen MR) is 123 cm³/mol.